The first-order chi connectivity index (χ1) is 9.79. The summed E-state index contributed by atoms with van der Waals surface area (Å²) in [6.07, 6.45) is 0. The van der Waals surface area contributed by atoms with Crippen LogP contribution in [0.25, 0.3) is 0 Å². The summed E-state index contributed by atoms with van der Waals surface area (Å²) in [7, 11) is -3.82. The van der Waals surface area contributed by atoms with Crippen molar-refractivity contribution in [3.05, 3.63) is 58.6 Å². The fraction of sp³-hybridized carbons (Fsp3) is 0.0714. The molecule has 2 aromatic rings. The minimum atomic E-state index is -3.82. The van der Waals surface area contributed by atoms with E-state index in [9.17, 15) is 13.2 Å². The van der Waals surface area contributed by atoms with Gasteiger partial charge in [-0.3, -0.25) is 4.72 Å². The van der Waals surface area contributed by atoms with Crippen LogP contribution in [0.2, 0.25) is 5.02 Å². The van der Waals surface area contributed by atoms with Gasteiger partial charge in [0.15, 0.2) is 0 Å². The Bertz CT molecular complexity index is 785. The molecule has 0 unspecified atom stereocenters. The van der Waals surface area contributed by atoms with Gasteiger partial charge in [0, 0.05) is 0 Å². The van der Waals surface area contributed by atoms with Gasteiger partial charge in [-0.1, -0.05) is 29.3 Å². The number of hydrogen-bond acceptors (Lipinski definition) is 3. The molecular formula is C14H12ClNO4S. The van der Waals surface area contributed by atoms with Crippen LogP contribution in [-0.2, 0) is 10.0 Å². The molecule has 0 bridgehead atoms. The molecule has 7 heteroatoms. The van der Waals surface area contributed by atoms with Crippen LogP contribution in [0.5, 0.6) is 0 Å². The standard InChI is InChI=1S/C14H12ClNO4S/c1-9-2-5-11(6-3-9)21(19,20)16-13-8-10(14(17)18)4-7-12(13)15/h2-8,16H,1H3,(H,17,18). The number of anilines is 1. The Morgan fingerprint density at radius 3 is 2.33 bits per heavy atom. The Kier molecular flexibility index (Phi) is 4.20. The molecule has 0 amide bonds. The predicted molar refractivity (Wildman–Crippen MR) is 80.4 cm³/mol. The molecule has 5 nitrogen and oxygen atoms in total. The zero-order valence-corrected chi connectivity index (χ0v) is 12.6. The van der Waals surface area contributed by atoms with Crippen LogP contribution in [0.1, 0.15) is 15.9 Å². The quantitative estimate of drug-likeness (QED) is 0.904. The third kappa shape index (κ3) is 3.53. The molecule has 21 heavy (non-hydrogen) atoms. The SMILES string of the molecule is Cc1ccc(S(=O)(=O)Nc2cc(C(=O)O)ccc2Cl)cc1. The summed E-state index contributed by atoms with van der Waals surface area (Å²) in [6.45, 7) is 1.84. The van der Waals surface area contributed by atoms with Crippen molar-refractivity contribution in [2.24, 2.45) is 0 Å². The summed E-state index contributed by atoms with van der Waals surface area (Å²) >= 11 is 5.90. The fourth-order valence-electron chi connectivity index (χ4n) is 1.66. The first-order valence-corrected chi connectivity index (χ1v) is 7.78. The van der Waals surface area contributed by atoms with E-state index in [1.54, 1.807) is 12.1 Å². The van der Waals surface area contributed by atoms with Crippen LogP contribution in [0.4, 0.5) is 5.69 Å². The van der Waals surface area contributed by atoms with Gasteiger partial charge in [0.25, 0.3) is 10.0 Å². The van der Waals surface area contributed by atoms with E-state index in [-0.39, 0.29) is 21.2 Å². The lowest BCUT2D eigenvalue weighted by Crippen LogP contribution is -2.13. The van der Waals surface area contributed by atoms with Crippen LogP contribution in [-0.4, -0.2) is 19.5 Å². The second-order valence-corrected chi connectivity index (χ2v) is 6.51. The Labute approximate surface area is 127 Å². The lowest BCUT2D eigenvalue weighted by Gasteiger charge is -2.10. The smallest absolute Gasteiger partial charge is 0.335 e. The van der Waals surface area contributed by atoms with Crippen molar-refractivity contribution < 1.29 is 18.3 Å². The van der Waals surface area contributed by atoms with Gasteiger partial charge >= 0.3 is 5.97 Å². The average molecular weight is 326 g/mol. The molecule has 0 radical (unpaired) electrons. The van der Waals surface area contributed by atoms with E-state index in [1.807, 2.05) is 6.92 Å². The van der Waals surface area contributed by atoms with Crippen LogP contribution < -0.4 is 4.72 Å². The molecule has 110 valence electrons. The number of benzene rings is 2. The predicted octanol–water partition coefficient (Wildman–Crippen LogP) is 3.15. The molecule has 2 rings (SSSR count). The van der Waals surface area contributed by atoms with Crippen molar-refractivity contribution in [1.82, 2.24) is 0 Å². The van der Waals surface area contributed by atoms with Crippen LogP contribution in [0.3, 0.4) is 0 Å². The number of rotatable bonds is 4. The van der Waals surface area contributed by atoms with E-state index in [0.29, 0.717) is 0 Å². The molecule has 0 fully saturated rings. The van der Waals surface area contributed by atoms with Gasteiger partial charge in [-0.2, -0.15) is 0 Å². The maximum absolute atomic E-state index is 12.2. The third-order valence-electron chi connectivity index (χ3n) is 2.79. The van der Waals surface area contributed by atoms with Gasteiger partial charge in [-0.15, -0.1) is 0 Å². The van der Waals surface area contributed by atoms with Gasteiger partial charge < -0.3 is 5.11 Å². The molecule has 0 aliphatic carbocycles. The zero-order chi connectivity index (χ0) is 15.6. The normalized spacial score (nSPS) is 11.1. The highest BCUT2D eigenvalue weighted by atomic mass is 35.5. The van der Waals surface area contributed by atoms with Crippen molar-refractivity contribution in [2.75, 3.05) is 4.72 Å². The second kappa shape index (κ2) is 5.75. The second-order valence-electron chi connectivity index (χ2n) is 4.42. The molecule has 0 spiro atoms. The van der Waals surface area contributed by atoms with E-state index >= 15 is 0 Å². The number of carboxylic acid groups (broad SMARTS) is 1. The third-order valence-corrected chi connectivity index (χ3v) is 4.50. The minimum Gasteiger partial charge on any atom is -0.478 e. The number of carboxylic acids is 1. The maximum atomic E-state index is 12.2. The molecule has 0 saturated carbocycles. The zero-order valence-electron chi connectivity index (χ0n) is 11.0. The van der Waals surface area contributed by atoms with Gasteiger partial charge in [0.1, 0.15) is 0 Å². The van der Waals surface area contributed by atoms with Gasteiger partial charge in [-0.25, -0.2) is 13.2 Å². The monoisotopic (exact) mass is 325 g/mol. The fourth-order valence-corrected chi connectivity index (χ4v) is 2.95. The van der Waals surface area contributed by atoms with Crippen molar-refractivity contribution in [3.63, 3.8) is 0 Å². The van der Waals surface area contributed by atoms with Gasteiger partial charge in [0.2, 0.25) is 0 Å². The van der Waals surface area contributed by atoms with Crippen molar-refractivity contribution in [1.29, 1.82) is 0 Å². The van der Waals surface area contributed by atoms with E-state index in [0.717, 1.165) is 5.56 Å². The topological polar surface area (TPSA) is 83.5 Å². The highest BCUT2D eigenvalue weighted by molar-refractivity contribution is 7.92. The molecule has 0 heterocycles. The van der Waals surface area contributed by atoms with Gasteiger partial charge in [0.05, 0.1) is 21.2 Å². The summed E-state index contributed by atoms with van der Waals surface area (Å²) in [4.78, 5) is 11.0. The molecular weight excluding hydrogens is 314 g/mol. The number of nitrogens with one attached hydrogen (secondary N) is 1. The summed E-state index contributed by atoms with van der Waals surface area (Å²) in [5, 5.41) is 9.05. The molecule has 0 aliphatic heterocycles. The summed E-state index contributed by atoms with van der Waals surface area (Å²) in [6, 6.07) is 10.1. The van der Waals surface area contributed by atoms with Crippen LogP contribution in [0.15, 0.2) is 47.4 Å². The lowest BCUT2D eigenvalue weighted by atomic mass is 10.2. The van der Waals surface area contributed by atoms with E-state index in [1.165, 1.54) is 30.3 Å². The molecule has 2 N–H and O–H groups in total. The lowest BCUT2D eigenvalue weighted by molar-refractivity contribution is 0.0697. The molecule has 0 saturated heterocycles. The Morgan fingerprint density at radius 2 is 1.76 bits per heavy atom. The summed E-state index contributed by atoms with van der Waals surface area (Å²) in [5.41, 5.74) is 0.901. The van der Waals surface area contributed by atoms with E-state index in [2.05, 4.69) is 4.72 Å². The molecule has 0 aromatic heterocycles. The number of sulfonamides is 1. The Morgan fingerprint density at radius 1 is 1.14 bits per heavy atom. The number of aryl methyl sites for hydroxylation is 1. The van der Waals surface area contributed by atoms with Crippen LogP contribution >= 0.6 is 11.6 Å². The number of halogens is 1. The highest BCUT2D eigenvalue weighted by Gasteiger charge is 2.16. The van der Waals surface area contributed by atoms with Crippen molar-refractivity contribution in [3.8, 4) is 0 Å². The number of hydrogen-bond donors (Lipinski definition) is 2. The summed E-state index contributed by atoms with van der Waals surface area (Å²) in [5.74, 6) is -1.16. The molecule has 0 atom stereocenters. The maximum Gasteiger partial charge on any atom is 0.335 e. The molecule has 2 aromatic carbocycles. The first kappa shape index (κ1) is 15.3. The minimum absolute atomic E-state index is 0.0251. The van der Waals surface area contributed by atoms with Crippen molar-refractivity contribution in [2.45, 2.75) is 11.8 Å². The van der Waals surface area contributed by atoms with E-state index < -0.39 is 16.0 Å². The Hall–Kier alpha value is -2.05. The summed E-state index contributed by atoms with van der Waals surface area (Å²) < 4.78 is 26.8. The molecule has 0 aliphatic rings. The largest absolute Gasteiger partial charge is 0.478 e. The number of aromatic carboxylic acids is 1. The van der Waals surface area contributed by atoms with Crippen LogP contribution in [0, 0.1) is 6.92 Å². The van der Waals surface area contributed by atoms with Crippen molar-refractivity contribution >= 4 is 33.3 Å². The number of carbonyl (C=O) groups is 1. The van der Waals surface area contributed by atoms with E-state index in [4.69, 9.17) is 16.7 Å². The first-order valence-electron chi connectivity index (χ1n) is 5.92. The highest BCUT2D eigenvalue weighted by Crippen LogP contribution is 2.26. The average Bonchev–Trinajstić information content (AvgIpc) is 2.41. The Balaban J connectivity index is 2.38. The van der Waals surface area contributed by atoms with Gasteiger partial charge in [-0.05, 0) is 37.3 Å².